The Balaban J connectivity index is 0.00000256. The Hall–Kier alpha value is -0.290. The first-order chi connectivity index (χ1) is 7.58. The zero-order valence-corrected chi connectivity index (χ0v) is 12.1. The monoisotopic (exact) mass is 297 g/mol. The number of carbonyl (C=O) groups is 1. The quantitative estimate of drug-likeness (QED) is 0.783. The molecule has 17 heavy (non-hydrogen) atoms. The van der Waals surface area contributed by atoms with E-state index in [0.717, 1.165) is 30.3 Å². The molecule has 0 bridgehead atoms. The normalized spacial score (nSPS) is 10.3. The molecule has 0 saturated carbocycles. The van der Waals surface area contributed by atoms with E-state index < -0.39 is 5.97 Å². The Morgan fingerprint density at radius 3 is 2.71 bits per heavy atom. The van der Waals surface area contributed by atoms with E-state index >= 15 is 0 Å². The van der Waals surface area contributed by atoms with Crippen molar-refractivity contribution >= 4 is 41.3 Å². The third-order valence-corrected chi connectivity index (χ3v) is 3.45. The molecule has 3 nitrogen and oxygen atoms in total. The molecule has 0 atom stereocenters. The van der Waals surface area contributed by atoms with Crippen LogP contribution in [0, 0.1) is 0 Å². The molecule has 1 heterocycles. The number of hydrogen-bond acceptors (Lipinski definition) is 3. The molecule has 0 saturated heterocycles. The molecule has 1 N–H and O–H groups in total. The molecule has 1 aromatic rings. The third kappa shape index (κ3) is 7.60. The summed E-state index contributed by atoms with van der Waals surface area (Å²) in [6.07, 6.45) is 1.92. The molecule has 0 unspecified atom stereocenters. The minimum atomic E-state index is -0.715. The number of unbranched alkanes of at least 4 members (excludes halogenated alkanes) is 1. The van der Waals surface area contributed by atoms with E-state index in [1.807, 2.05) is 19.2 Å². The van der Waals surface area contributed by atoms with Gasteiger partial charge in [0.15, 0.2) is 0 Å². The fraction of sp³-hybridized carbons (Fsp3) is 0.545. The summed E-state index contributed by atoms with van der Waals surface area (Å²) >= 11 is 7.43. The van der Waals surface area contributed by atoms with Crippen LogP contribution in [0.3, 0.4) is 0 Å². The van der Waals surface area contributed by atoms with Gasteiger partial charge < -0.3 is 10.0 Å². The van der Waals surface area contributed by atoms with Crippen LogP contribution in [0.1, 0.15) is 24.1 Å². The molecule has 0 aliphatic rings. The number of hydrogen-bond donors (Lipinski definition) is 1. The van der Waals surface area contributed by atoms with Crippen molar-refractivity contribution < 1.29 is 9.90 Å². The highest BCUT2D eigenvalue weighted by Gasteiger charge is 2.03. The van der Waals surface area contributed by atoms with E-state index in [1.165, 1.54) is 4.88 Å². The number of nitrogens with zero attached hydrogens (tertiary/aromatic N) is 1. The van der Waals surface area contributed by atoms with Crippen LogP contribution in [0.2, 0.25) is 4.34 Å². The fourth-order valence-electron chi connectivity index (χ4n) is 1.44. The molecule has 0 radical (unpaired) electrons. The van der Waals surface area contributed by atoms with Crippen LogP contribution >= 0.6 is 35.3 Å². The molecule has 0 aliphatic carbocycles. The molecule has 98 valence electrons. The van der Waals surface area contributed by atoms with Crippen molar-refractivity contribution in [2.24, 2.45) is 0 Å². The minimum absolute atomic E-state index is 0. The minimum Gasteiger partial charge on any atom is -0.481 e. The molecular formula is C11H17Cl2NO2S. The Labute approximate surface area is 117 Å². The van der Waals surface area contributed by atoms with Gasteiger partial charge in [-0.05, 0) is 38.6 Å². The van der Waals surface area contributed by atoms with E-state index in [0.29, 0.717) is 0 Å². The van der Waals surface area contributed by atoms with Crippen LogP contribution < -0.4 is 0 Å². The highest BCUT2D eigenvalue weighted by atomic mass is 35.5. The van der Waals surface area contributed by atoms with Crippen LogP contribution in [-0.4, -0.2) is 29.6 Å². The number of thiophene rings is 1. The maximum Gasteiger partial charge on any atom is 0.303 e. The molecular weight excluding hydrogens is 281 g/mol. The lowest BCUT2D eigenvalue weighted by molar-refractivity contribution is -0.137. The smallest absolute Gasteiger partial charge is 0.303 e. The van der Waals surface area contributed by atoms with Gasteiger partial charge in [0.2, 0.25) is 0 Å². The number of aliphatic carboxylic acids is 1. The summed E-state index contributed by atoms with van der Waals surface area (Å²) in [5.41, 5.74) is 0. The molecule has 1 aromatic heterocycles. The van der Waals surface area contributed by atoms with Gasteiger partial charge >= 0.3 is 5.97 Å². The largest absolute Gasteiger partial charge is 0.481 e. The fourth-order valence-corrected chi connectivity index (χ4v) is 2.61. The lowest BCUT2D eigenvalue weighted by Crippen LogP contribution is -2.18. The molecule has 0 aromatic carbocycles. The Morgan fingerprint density at radius 1 is 1.47 bits per heavy atom. The maximum absolute atomic E-state index is 10.3. The van der Waals surface area contributed by atoms with E-state index in [1.54, 1.807) is 11.3 Å². The van der Waals surface area contributed by atoms with E-state index in [2.05, 4.69) is 4.90 Å². The van der Waals surface area contributed by atoms with Crippen molar-refractivity contribution in [3.63, 3.8) is 0 Å². The number of halogens is 2. The summed E-state index contributed by atoms with van der Waals surface area (Å²) in [4.78, 5) is 13.7. The molecule has 0 spiro atoms. The van der Waals surface area contributed by atoms with Crippen molar-refractivity contribution in [2.45, 2.75) is 25.8 Å². The topological polar surface area (TPSA) is 40.5 Å². The van der Waals surface area contributed by atoms with Gasteiger partial charge in [-0.25, -0.2) is 0 Å². The first kappa shape index (κ1) is 16.7. The number of carboxylic acids is 1. The van der Waals surface area contributed by atoms with Gasteiger partial charge in [-0.3, -0.25) is 4.79 Å². The predicted octanol–water partition coefficient (Wildman–Crippen LogP) is 3.51. The molecule has 6 heteroatoms. The zero-order chi connectivity index (χ0) is 12.0. The Bertz CT molecular complexity index is 344. The third-order valence-electron chi connectivity index (χ3n) is 2.24. The van der Waals surface area contributed by atoms with E-state index in [9.17, 15) is 4.79 Å². The van der Waals surface area contributed by atoms with Gasteiger partial charge in [0.25, 0.3) is 0 Å². The van der Waals surface area contributed by atoms with Crippen molar-refractivity contribution in [3.05, 3.63) is 21.3 Å². The maximum atomic E-state index is 10.3. The van der Waals surface area contributed by atoms with Gasteiger partial charge in [-0.2, -0.15) is 0 Å². The van der Waals surface area contributed by atoms with Crippen LogP contribution in [0.4, 0.5) is 0 Å². The lowest BCUT2D eigenvalue weighted by Gasteiger charge is -2.14. The van der Waals surface area contributed by atoms with Gasteiger partial charge in [0.1, 0.15) is 0 Å². The number of carboxylic acid groups (broad SMARTS) is 1. The van der Waals surface area contributed by atoms with E-state index in [4.69, 9.17) is 16.7 Å². The Kier molecular flexibility index (Phi) is 8.60. The van der Waals surface area contributed by atoms with Gasteiger partial charge in [0, 0.05) is 17.8 Å². The summed E-state index contributed by atoms with van der Waals surface area (Å²) in [6.45, 7) is 1.80. The highest BCUT2D eigenvalue weighted by molar-refractivity contribution is 7.16. The van der Waals surface area contributed by atoms with Crippen molar-refractivity contribution in [1.29, 1.82) is 0 Å². The highest BCUT2D eigenvalue weighted by Crippen LogP contribution is 2.22. The summed E-state index contributed by atoms with van der Waals surface area (Å²) in [5, 5.41) is 8.49. The molecule has 0 amide bonds. The van der Waals surface area contributed by atoms with Crippen LogP contribution in [0.15, 0.2) is 12.1 Å². The second-order valence-electron chi connectivity index (χ2n) is 3.79. The van der Waals surface area contributed by atoms with Gasteiger partial charge in [-0.15, -0.1) is 23.7 Å². The summed E-state index contributed by atoms with van der Waals surface area (Å²) in [7, 11) is 2.04. The Morgan fingerprint density at radius 2 is 2.18 bits per heavy atom. The van der Waals surface area contributed by atoms with Gasteiger partial charge in [0.05, 0.1) is 4.34 Å². The standard InChI is InChI=1S/C11H16ClNO2S.ClH/c1-13(7-3-2-4-11(14)15)8-9-5-6-10(12)16-9;/h5-6H,2-4,7-8H2,1H3,(H,14,15);1H. The molecule has 0 aliphatic heterocycles. The van der Waals surface area contributed by atoms with Crippen molar-refractivity contribution in [3.8, 4) is 0 Å². The predicted molar refractivity (Wildman–Crippen MR) is 74.4 cm³/mol. The average molecular weight is 298 g/mol. The summed E-state index contributed by atoms with van der Waals surface area (Å²) < 4.78 is 0.814. The van der Waals surface area contributed by atoms with Crippen molar-refractivity contribution in [2.75, 3.05) is 13.6 Å². The van der Waals surface area contributed by atoms with Gasteiger partial charge in [-0.1, -0.05) is 11.6 Å². The molecule has 1 rings (SSSR count). The number of rotatable bonds is 7. The lowest BCUT2D eigenvalue weighted by atomic mass is 10.2. The second-order valence-corrected chi connectivity index (χ2v) is 5.59. The SMILES string of the molecule is CN(CCCCC(=O)O)Cc1ccc(Cl)s1.Cl. The van der Waals surface area contributed by atoms with E-state index in [-0.39, 0.29) is 18.8 Å². The second kappa shape index (κ2) is 8.75. The average Bonchev–Trinajstić information content (AvgIpc) is 2.58. The van der Waals surface area contributed by atoms with Crippen LogP contribution in [0.5, 0.6) is 0 Å². The van der Waals surface area contributed by atoms with Crippen LogP contribution in [-0.2, 0) is 11.3 Å². The first-order valence-corrected chi connectivity index (χ1v) is 6.42. The van der Waals surface area contributed by atoms with Crippen molar-refractivity contribution in [1.82, 2.24) is 4.90 Å². The first-order valence-electron chi connectivity index (χ1n) is 5.22. The van der Waals surface area contributed by atoms with Crippen LogP contribution in [0.25, 0.3) is 0 Å². The summed E-state index contributed by atoms with van der Waals surface area (Å²) in [5.74, 6) is -0.715. The summed E-state index contributed by atoms with van der Waals surface area (Å²) in [6, 6.07) is 3.93. The molecule has 0 fully saturated rings. The zero-order valence-electron chi connectivity index (χ0n) is 9.69.